The smallest absolute Gasteiger partial charge is 0.190 e. The monoisotopic (exact) mass is 360 g/mol. The minimum Gasteiger partial charge on any atom is -0.488 e. The van der Waals surface area contributed by atoms with Gasteiger partial charge in [0, 0.05) is 19.1 Å². The molecule has 1 heterocycles. The zero-order chi connectivity index (χ0) is 18.5. The molecule has 0 amide bonds. The molecule has 0 radical (unpaired) electrons. The van der Waals surface area contributed by atoms with Gasteiger partial charge >= 0.3 is 0 Å². The zero-order valence-corrected chi connectivity index (χ0v) is 15.4. The van der Waals surface area contributed by atoms with E-state index >= 15 is 0 Å². The van der Waals surface area contributed by atoms with Crippen LogP contribution in [0.1, 0.15) is 12.8 Å². The van der Waals surface area contributed by atoms with Crippen LogP contribution in [0, 0.1) is 11.6 Å². The Morgan fingerprint density at radius 1 is 1.08 bits per heavy atom. The fraction of sp³-hybridized carbons (Fsp3) is 0.429. The number of rotatable bonds is 7. The van der Waals surface area contributed by atoms with E-state index in [0.717, 1.165) is 38.0 Å². The molecule has 1 aliphatic heterocycles. The normalized spacial score (nSPS) is 17.8. The third-order valence-electron chi connectivity index (χ3n) is 4.95. The zero-order valence-electron chi connectivity index (χ0n) is 15.4. The van der Waals surface area contributed by atoms with Crippen LogP contribution in [0.15, 0.2) is 42.5 Å². The van der Waals surface area contributed by atoms with Crippen LogP contribution < -0.4 is 4.74 Å². The van der Waals surface area contributed by atoms with Crippen LogP contribution in [-0.2, 0) is 0 Å². The van der Waals surface area contributed by atoms with Crippen LogP contribution in [0.25, 0.3) is 11.1 Å². The fourth-order valence-electron chi connectivity index (χ4n) is 3.39. The highest BCUT2D eigenvalue weighted by Gasteiger charge is 2.23. The predicted molar refractivity (Wildman–Crippen MR) is 100 cm³/mol. The SMILES string of the molecule is CN(C)C1CCN(CCCOc2c(F)cc(-c3ccccc3)cc2F)C1. The summed E-state index contributed by atoms with van der Waals surface area (Å²) in [7, 11) is 4.20. The van der Waals surface area contributed by atoms with E-state index in [-0.39, 0.29) is 5.75 Å². The highest BCUT2D eigenvalue weighted by molar-refractivity contribution is 5.64. The van der Waals surface area contributed by atoms with E-state index in [1.165, 1.54) is 12.1 Å². The Labute approximate surface area is 154 Å². The average molecular weight is 360 g/mol. The minimum absolute atomic E-state index is 0.280. The first-order valence-corrected chi connectivity index (χ1v) is 9.10. The number of halogens is 2. The number of likely N-dealkylation sites (N-methyl/N-ethyl adjacent to an activating group) is 1. The quantitative estimate of drug-likeness (QED) is 0.693. The van der Waals surface area contributed by atoms with Gasteiger partial charge in [0.25, 0.3) is 0 Å². The average Bonchev–Trinajstić information content (AvgIpc) is 3.10. The molecule has 1 unspecified atom stereocenters. The molecule has 0 bridgehead atoms. The maximum absolute atomic E-state index is 14.3. The van der Waals surface area contributed by atoms with Crippen molar-refractivity contribution in [3.05, 3.63) is 54.1 Å². The van der Waals surface area contributed by atoms with Crippen molar-refractivity contribution in [3.63, 3.8) is 0 Å². The van der Waals surface area contributed by atoms with E-state index < -0.39 is 11.6 Å². The van der Waals surface area contributed by atoms with E-state index in [1.807, 2.05) is 30.3 Å². The molecule has 1 saturated heterocycles. The molecule has 3 rings (SSSR count). The molecule has 1 aliphatic rings. The summed E-state index contributed by atoms with van der Waals surface area (Å²) < 4.78 is 34.0. The van der Waals surface area contributed by atoms with Crippen molar-refractivity contribution in [1.29, 1.82) is 0 Å². The predicted octanol–water partition coefficient (Wildman–Crippen LogP) is 4.04. The standard InChI is InChI=1S/C21H26F2N2O/c1-24(2)18-9-11-25(15-18)10-6-12-26-21-19(22)13-17(14-20(21)23)16-7-4-3-5-8-16/h3-5,7-8,13-14,18H,6,9-12,15H2,1-2H3. The molecule has 26 heavy (non-hydrogen) atoms. The summed E-state index contributed by atoms with van der Waals surface area (Å²) in [5, 5.41) is 0. The van der Waals surface area contributed by atoms with Crippen LogP contribution in [0.2, 0.25) is 0 Å². The Balaban J connectivity index is 1.52. The van der Waals surface area contributed by atoms with Crippen LogP contribution >= 0.6 is 0 Å². The van der Waals surface area contributed by atoms with E-state index in [9.17, 15) is 8.78 Å². The van der Waals surface area contributed by atoms with Crippen molar-refractivity contribution < 1.29 is 13.5 Å². The minimum atomic E-state index is -0.655. The van der Waals surface area contributed by atoms with Gasteiger partial charge in [-0.25, -0.2) is 8.78 Å². The number of hydrogen-bond acceptors (Lipinski definition) is 3. The largest absolute Gasteiger partial charge is 0.488 e. The maximum atomic E-state index is 14.3. The molecule has 5 heteroatoms. The topological polar surface area (TPSA) is 15.7 Å². The highest BCUT2D eigenvalue weighted by atomic mass is 19.1. The van der Waals surface area contributed by atoms with Gasteiger partial charge < -0.3 is 14.5 Å². The second kappa shape index (κ2) is 8.60. The van der Waals surface area contributed by atoms with Crippen molar-refractivity contribution >= 4 is 0 Å². The van der Waals surface area contributed by atoms with Gasteiger partial charge in [0.2, 0.25) is 0 Å². The first-order valence-electron chi connectivity index (χ1n) is 9.10. The summed E-state index contributed by atoms with van der Waals surface area (Å²) in [4.78, 5) is 4.62. The van der Waals surface area contributed by atoms with Gasteiger partial charge in [-0.05, 0) is 56.7 Å². The Morgan fingerprint density at radius 2 is 1.77 bits per heavy atom. The lowest BCUT2D eigenvalue weighted by Gasteiger charge is -2.20. The third-order valence-corrected chi connectivity index (χ3v) is 4.95. The summed E-state index contributed by atoms with van der Waals surface area (Å²) in [6.45, 7) is 3.30. The molecule has 0 aromatic heterocycles. The molecule has 0 spiro atoms. The van der Waals surface area contributed by atoms with E-state index in [4.69, 9.17) is 4.74 Å². The van der Waals surface area contributed by atoms with Crippen molar-refractivity contribution in [2.75, 3.05) is 40.3 Å². The van der Waals surface area contributed by atoms with Crippen LogP contribution in [0.3, 0.4) is 0 Å². The van der Waals surface area contributed by atoms with Crippen LogP contribution in [0.4, 0.5) is 8.78 Å². The second-order valence-corrected chi connectivity index (χ2v) is 7.04. The Kier molecular flexibility index (Phi) is 6.22. The molecule has 140 valence electrons. The summed E-state index contributed by atoms with van der Waals surface area (Å²) in [6, 6.07) is 12.5. The molecular formula is C21H26F2N2O. The summed E-state index contributed by atoms with van der Waals surface area (Å²) in [6.07, 6.45) is 1.91. The van der Waals surface area contributed by atoms with Crippen LogP contribution in [0.5, 0.6) is 5.75 Å². The molecule has 2 aromatic carbocycles. The summed E-state index contributed by atoms with van der Waals surface area (Å²) >= 11 is 0. The third kappa shape index (κ3) is 4.59. The van der Waals surface area contributed by atoms with Gasteiger partial charge in [-0.1, -0.05) is 30.3 Å². The second-order valence-electron chi connectivity index (χ2n) is 7.04. The van der Waals surface area contributed by atoms with Crippen molar-refractivity contribution in [1.82, 2.24) is 9.80 Å². The van der Waals surface area contributed by atoms with Gasteiger partial charge in [0.05, 0.1) is 6.61 Å². The molecule has 0 saturated carbocycles. The lowest BCUT2D eigenvalue weighted by molar-refractivity contribution is 0.233. The van der Waals surface area contributed by atoms with E-state index in [2.05, 4.69) is 23.9 Å². The fourth-order valence-corrected chi connectivity index (χ4v) is 3.39. The lowest BCUT2D eigenvalue weighted by atomic mass is 10.1. The number of likely N-dealkylation sites (tertiary alicyclic amines) is 1. The van der Waals surface area contributed by atoms with Crippen molar-refractivity contribution in [2.24, 2.45) is 0 Å². The van der Waals surface area contributed by atoms with Crippen molar-refractivity contribution in [3.8, 4) is 16.9 Å². The van der Waals surface area contributed by atoms with E-state index in [0.29, 0.717) is 18.2 Å². The number of nitrogens with zero attached hydrogens (tertiary/aromatic N) is 2. The Hall–Kier alpha value is -1.98. The Bertz CT molecular complexity index is 698. The molecule has 0 N–H and O–H groups in total. The Morgan fingerprint density at radius 3 is 2.38 bits per heavy atom. The molecule has 2 aromatic rings. The van der Waals surface area contributed by atoms with Gasteiger partial charge in [-0.15, -0.1) is 0 Å². The van der Waals surface area contributed by atoms with Gasteiger partial charge in [0.1, 0.15) is 0 Å². The van der Waals surface area contributed by atoms with Gasteiger partial charge in [-0.3, -0.25) is 0 Å². The number of ether oxygens (including phenoxy) is 1. The van der Waals surface area contributed by atoms with Crippen molar-refractivity contribution in [2.45, 2.75) is 18.9 Å². The first-order chi connectivity index (χ1) is 12.5. The number of hydrogen-bond donors (Lipinski definition) is 0. The van der Waals surface area contributed by atoms with Gasteiger partial charge in [-0.2, -0.15) is 0 Å². The molecule has 3 nitrogen and oxygen atoms in total. The first kappa shape index (κ1) is 18.8. The molecule has 0 aliphatic carbocycles. The molecule has 1 atom stereocenters. The highest BCUT2D eigenvalue weighted by Crippen LogP contribution is 2.29. The molecule has 1 fully saturated rings. The lowest BCUT2D eigenvalue weighted by Crippen LogP contribution is -2.32. The van der Waals surface area contributed by atoms with E-state index in [1.54, 1.807) is 0 Å². The summed E-state index contributed by atoms with van der Waals surface area (Å²) in [5.74, 6) is -1.59. The molecular weight excluding hydrogens is 334 g/mol. The number of benzene rings is 2. The maximum Gasteiger partial charge on any atom is 0.190 e. The van der Waals surface area contributed by atoms with Crippen LogP contribution in [-0.4, -0.2) is 56.2 Å². The summed E-state index contributed by atoms with van der Waals surface area (Å²) in [5.41, 5.74) is 1.29. The van der Waals surface area contributed by atoms with Gasteiger partial charge in [0.15, 0.2) is 17.4 Å².